The van der Waals surface area contributed by atoms with Gasteiger partial charge in [-0.15, -0.1) is 0 Å². The van der Waals surface area contributed by atoms with Crippen molar-refractivity contribution in [3.63, 3.8) is 0 Å². The molecule has 0 spiro atoms. The van der Waals surface area contributed by atoms with Crippen LogP contribution in [0.3, 0.4) is 0 Å². The third-order valence-electron chi connectivity index (χ3n) is 3.29. The van der Waals surface area contributed by atoms with Gasteiger partial charge < -0.3 is 9.64 Å². The minimum Gasteiger partial charge on any atom is -0.490 e. The molecule has 0 amide bonds. The summed E-state index contributed by atoms with van der Waals surface area (Å²) in [5, 5.41) is 0. The van der Waals surface area contributed by atoms with Crippen LogP contribution in [0.1, 0.15) is 11.1 Å². The molecule has 92 valence electrons. The summed E-state index contributed by atoms with van der Waals surface area (Å²) in [5.41, 5.74) is 3.83. The maximum absolute atomic E-state index is 5.70. The molecule has 2 nitrogen and oxygen atoms in total. The van der Waals surface area contributed by atoms with Gasteiger partial charge in [0, 0.05) is 6.54 Å². The van der Waals surface area contributed by atoms with E-state index in [1.165, 1.54) is 16.8 Å². The van der Waals surface area contributed by atoms with Crippen LogP contribution >= 0.6 is 0 Å². The van der Waals surface area contributed by atoms with Gasteiger partial charge >= 0.3 is 0 Å². The highest BCUT2D eigenvalue weighted by Crippen LogP contribution is 2.33. The first-order chi connectivity index (χ1) is 8.83. The van der Waals surface area contributed by atoms with E-state index in [2.05, 4.69) is 60.4 Å². The molecular formula is C16H17NO. The second-order valence-corrected chi connectivity index (χ2v) is 4.73. The zero-order valence-electron chi connectivity index (χ0n) is 10.6. The van der Waals surface area contributed by atoms with E-state index in [-0.39, 0.29) is 0 Å². The monoisotopic (exact) mass is 239 g/mol. The first-order valence-corrected chi connectivity index (χ1v) is 6.35. The Kier molecular flexibility index (Phi) is 2.93. The summed E-state index contributed by atoms with van der Waals surface area (Å²) >= 11 is 0. The fraction of sp³-hybridized carbons (Fsp3) is 0.250. The molecule has 0 N–H and O–H groups in total. The molecule has 2 aromatic carbocycles. The second-order valence-electron chi connectivity index (χ2n) is 4.73. The van der Waals surface area contributed by atoms with Crippen LogP contribution < -0.4 is 9.64 Å². The zero-order chi connectivity index (χ0) is 12.4. The Hall–Kier alpha value is -1.96. The van der Waals surface area contributed by atoms with Crippen LogP contribution in [0.5, 0.6) is 5.75 Å². The summed E-state index contributed by atoms with van der Waals surface area (Å²) in [5.74, 6) is 1.00. The fourth-order valence-corrected chi connectivity index (χ4v) is 2.35. The Balaban J connectivity index is 1.89. The van der Waals surface area contributed by atoms with E-state index >= 15 is 0 Å². The molecule has 0 aliphatic carbocycles. The fourth-order valence-electron chi connectivity index (χ4n) is 2.35. The summed E-state index contributed by atoms with van der Waals surface area (Å²) in [4.78, 5) is 2.39. The van der Waals surface area contributed by atoms with Crippen LogP contribution in [-0.2, 0) is 6.54 Å². The molecular weight excluding hydrogens is 222 g/mol. The van der Waals surface area contributed by atoms with Gasteiger partial charge in [0.25, 0.3) is 0 Å². The van der Waals surface area contributed by atoms with E-state index in [4.69, 9.17) is 4.74 Å². The zero-order valence-corrected chi connectivity index (χ0v) is 10.6. The minimum atomic E-state index is 0.767. The summed E-state index contributed by atoms with van der Waals surface area (Å²) in [6, 6.07) is 17.0. The van der Waals surface area contributed by atoms with Crippen molar-refractivity contribution in [1.82, 2.24) is 0 Å². The van der Waals surface area contributed by atoms with Crippen molar-refractivity contribution in [3.05, 3.63) is 59.7 Å². The predicted molar refractivity (Wildman–Crippen MR) is 74.2 cm³/mol. The maximum Gasteiger partial charge on any atom is 0.142 e. The third-order valence-corrected chi connectivity index (χ3v) is 3.29. The Morgan fingerprint density at radius 1 is 1.11 bits per heavy atom. The van der Waals surface area contributed by atoms with Crippen molar-refractivity contribution >= 4 is 5.69 Å². The SMILES string of the molecule is Cc1ccc2c(c1)N(Cc1ccccc1)CCO2. The number of rotatable bonds is 2. The van der Waals surface area contributed by atoms with E-state index in [1.807, 2.05) is 0 Å². The number of hydrogen-bond donors (Lipinski definition) is 0. The Labute approximate surface area is 108 Å². The van der Waals surface area contributed by atoms with Gasteiger partial charge in [-0.1, -0.05) is 36.4 Å². The number of hydrogen-bond acceptors (Lipinski definition) is 2. The van der Waals surface area contributed by atoms with Crippen molar-refractivity contribution in [3.8, 4) is 5.75 Å². The van der Waals surface area contributed by atoms with Gasteiger partial charge in [0.15, 0.2) is 0 Å². The van der Waals surface area contributed by atoms with E-state index in [1.54, 1.807) is 0 Å². The van der Waals surface area contributed by atoms with E-state index < -0.39 is 0 Å². The van der Waals surface area contributed by atoms with Gasteiger partial charge in [0.1, 0.15) is 12.4 Å². The molecule has 1 heterocycles. The van der Waals surface area contributed by atoms with Gasteiger partial charge in [-0.25, -0.2) is 0 Å². The third kappa shape index (κ3) is 2.19. The standard InChI is InChI=1S/C16H17NO/c1-13-7-8-16-15(11-13)17(9-10-18-16)12-14-5-3-2-4-6-14/h2-8,11H,9-10,12H2,1H3. The molecule has 0 aromatic heterocycles. The van der Waals surface area contributed by atoms with E-state index in [9.17, 15) is 0 Å². The lowest BCUT2D eigenvalue weighted by molar-refractivity contribution is 0.307. The Morgan fingerprint density at radius 3 is 2.78 bits per heavy atom. The van der Waals surface area contributed by atoms with Crippen molar-refractivity contribution in [2.24, 2.45) is 0 Å². The predicted octanol–water partition coefficient (Wildman–Crippen LogP) is 3.39. The number of ether oxygens (including phenoxy) is 1. The molecule has 0 radical (unpaired) electrons. The topological polar surface area (TPSA) is 12.5 Å². The highest BCUT2D eigenvalue weighted by Gasteiger charge is 2.17. The smallest absolute Gasteiger partial charge is 0.142 e. The van der Waals surface area contributed by atoms with Crippen molar-refractivity contribution in [2.45, 2.75) is 13.5 Å². The first-order valence-electron chi connectivity index (χ1n) is 6.35. The lowest BCUT2D eigenvalue weighted by Crippen LogP contribution is -2.32. The normalized spacial score (nSPS) is 13.9. The van der Waals surface area contributed by atoms with Crippen molar-refractivity contribution in [2.75, 3.05) is 18.1 Å². The summed E-state index contributed by atoms with van der Waals surface area (Å²) in [7, 11) is 0. The number of aryl methyl sites for hydroxylation is 1. The lowest BCUT2D eigenvalue weighted by Gasteiger charge is -2.31. The van der Waals surface area contributed by atoms with Crippen LogP contribution in [0.25, 0.3) is 0 Å². The van der Waals surface area contributed by atoms with Gasteiger partial charge in [0.05, 0.1) is 12.2 Å². The van der Waals surface area contributed by atoms with Crippen LogP contribution in [0, 0.1) is 6.92 Å². The molecule has 2 aromatic rings. The number of fused-ring (bicyclic) bond motifs is 1. The highest BCUT2D eigenvalue weighted by molar-refractivity contribution is 5.61. The lowest BCUT2D eigenvalue weighted by atomic mass is 10.1. The van der Waals surface area contributed by atoms with Gasteiger partial charge in [0.2, 0.25) is 0 Å². The molecule has 1 aliphatic heterocycles. The quantitative estimate of drug-likeness (QED) is 0.796. The number of anilines is 1. The summed E-state index contributed by atoms with van der Waals surface area (Å²) < 4.78 is 5.70. The van der Waals surface area contributed by atoms with Crippen LogP contribution in [-0.4, -0.2) is 13.2 Å². The highest BCUT2D eigenvalue weighted by atomic mass is 16.5. The largest absolute Gasteiger partial charge is 0.490 e. The maximum atomic E-state index is 5.70. The summed E-state index contributed by atoms with van der Waals surface area (Å²) in [6.07, 6.45) is 0. The van der Waals surface area contributed by atoms with Crippen molar-refractivity contribution < 1.29 is 4.74 Å². The van der Waals surface area contributed by atoms with E-state index in [0.717, 1.165) is 25.4 Å². The van der Waals surface area contributed by atoms with E-state index in [0.29, 0.717) is 0 Å². The molecule has 0 unspecified atom stereocenters. The van der Waals surface area contributed by atoms with Crippen LogP contribution in [0.2, 0.25) is 0 Å². The van der Waals surface area contributed by atoms with Gasteiger partial charge in [-0.05, 0) is 30.2 Å². The van der Waals surface area contributed by atoms with Gasteiger partial charge in [-0.2, -0.15) is 0 Å². The number of benzene rings is 2. The molecule has 0 saturated carbocycles. The Morgan fingerprint density at radius 2 is 1.94 bits per heavy atom. The first kappa shape index (κ1) is 11.1. The van der Waals surface area contributed by atoms with Crippen LogP contribution in [0.15, 0.2) is 48.5 Å². The van der Waals surface area contributed by atoms with Crippen LogP contribution in [0.4, 0.5) is 5.69 Å². The Bertz CT molecular complexity index is 536. The molecule has 0 fully saturated rings. The molecule has 3 rings (SSSR count). The summed E-state index contributed by atoms with van der Waals surface area (Å²) in [6.45, 7) is 4.78. The molecule has 0 atom stereocenters. The molecule has 18 heavy (non-hydrogen) atoms. The minimum absolute atomic E-state index is 0.767. The second kappa shape index (κ2) is 4.73. The number of nitrogens with zero attached hydrogens (tertiary/aromatic N) is 1. The molecule has 2 heteroatoms. The average molecular weight is 239 g/mol. The van der Waals surface area contributed by atoms with Crippen molar-refractivity contribution in [1.29, 1.82) is 0 Å². The molecule has 0 saturated heterocycles. The molecule has 1 aliphatic rings. The molecule has 0 bridgehead atoms. The average Bonchev–Trinajstić information content (AvgIpc) is 2.41. The van der Waals surface area contributed by atoms with Gasteiger partial charge in [-0.3, -0.25) is 0 Å².